The smallest absolute Gasteiger partial charge is 0.0185 e. The van der Waals surface area contributed by atoms with E-state index < -0.39 is 0 Å². The van der Waals surface area contributed by atoms with Gasteiger partial charge >= 0.3 is 0 Å². The molecule has 1 saturated heterocycles. The fraction of sp³-hybridized carbons (Fsp3) is 1.00. The molecule has 43 heavy (non-hydrogen) atoms. The van der Waals surface area contributed by atoms with Crippen molar-refractivity contribution in [3.8, 4) is 0 Å². The third-order valence-electron chi connectivity index (χ3n) is 13.0. The van der Waals surface area contributed by atoms with Gasteiger partial charge in [0.15, 0.2) is 0 Å². The van der Waals surface area contributed by atoms with Crippen molar-refractivity contribution in [1.82, 2.24) is 5.32 Å². The molecule has 6 fully saturated rings. The first-order valence-corrected chi connectivity index (χ1v) is 20.0. The van der Waals surface area contributed by atoms with Gasteiger partial charge in [0, 0.05) is 5.54 Å². The molecule has 256 valence electrons. The number of hydrogen-bond donors (Lipinski definition) is 1. The normalized spacial score (nSPS) is 25.9. The molecule has 1 heteroatoms. The zero-order valence-electron chi connectivity index (χ0n) is 31.8. The first-order chi connectivity index (χ1) is 20.2. The van der Waals surface area contributed by atoms with Gasteiger partial charge in [0.2, 0.25) is 0 Å². The van der Waals surface area contributed by atoms with E-state index >= 15 is 0 Å². The average molecular weight is 602 g/mol. The lowest BCUT2D eigenvalue weighted by Gasteiger charge is -2.39. The summed E-state index contributed by atoms with van der Waals surface area (Å²) in [6.07, 6.45) is 28.1. The van der Waals surface area contributed by atoms with Crippen molar-refractivity contribution in [3.63, 3.8) is 0 Å². The first kappa shape index (κ1) is 39.1. The first-order valence-electron chi connectivity index (χ1n) is 20.0. The second kappa shape index (κ2) is 19.6. The van der Waals surface area contributed by atoms with E-state index in [2.05, 4.69) is 81.5 Å². The second-order valence-electron chi connectivity index (χ2n) is 18.6. The molecular weight excluding hydrogens is 518 g/mol. The highest BCUT2D eigenvalue weighted by molar-refractivity contribution is 5.04. The molecule has 0 bridgehead atoms. The maximum Gasteiger partial charge on any atom is 0.0185 e. The number of nitrogens with one attached hydrogen (secondary N) is 1. The Morgan fingerprint density at radius 1 is 0.465 bits per heavy atom. The van der Waals surface area contributed by atoms with Crippen molar-refractivity contribution in [3.05, 3.63) is 0 Å². The third kappa shape index (κ3) is 14.5. The van der Waals surface area contributed by atoms with Crippen LogP contribution in [-0.4, -0.2) is 12.1 Å². The Kier molecular flexibility index (Phi) is 17.8. The SMILES string of the molecule is CC(C)(C)C1CNC2(CCC2)C1.CC(C)C1CCC1.CC(C)C1CCC1.CC(C)C1CCCC1.CC(C)C1CCCCC1. The maximum atomic E-state index is 3.73. The maximum absolute atomic E-state index is 3.73. The van der Waals surface area contributed by atoms with E-state index in [1.54, 1.807) is 0 Å². The zero-order chi connectivity index (χ0) is 32.0. The summed E-state index contributed by atoms with van der Waals surface area (Å²) in [7, 11) is 0. The summed E-state index contributed by atoms with van der Waals surface area (Å²) in [5.74, 6) is 8.97. The molecule has 0 aromatic heterocycles. The molecule has 1 heterocycles. The molecule has 0 radical (unpaired) electrons. The van der Waals surface area contributed by atoms with Gasteiger partial charge in [0.1, 0.15) is 0 Å². The van der Waals surface area contributed by atoms with Crippen LogP contribution in [0.2, 0.25) is 0 Å². The summed E-state index contributed by atoms with van der Waals surface area (Å²) in [5.41, 5.74) is 1.10. The Balaban J connectivity index is 0.000000191. The molecule has 1 unspecified atom stereocenters. The van der Waals surface area contributed by atoms with E-state index in [4.69, 9.17) is 0 Å². The summed E-state index contributed by atoms with van der Waals surface area (Å²) in [6, 6.07) is 0. The summed E-state index contributed by atoms with van der Waals surface area (Å²) in [4.78, 5) is 0. The van der Waals surface area contributed by atoms with E-state index in [1.807, 2.05) is 0 Å². The van der Waals surface area contributed by atoms with E-state index in [9.17, 15) is 0 Å². The Morgan fingerprint density at radius 3 is 0.953 bits per heavy atom. The van der Waals surface area contributed by atoms with Crippen LogP contribution in [0.15, 0.2) is 0 Å². The topological polar surface area (TPSA) is 12.0 Å². The van der Waals surface area contributed by atoms with Crippen LogP contribution in [0.5, 0.6) is 0 Å². The lowest BCUT2D eigenvalue weighted by atomic mass is 9.70. The summed E-state index contributed by atoms with van der Waals surface area (Å²) >= 11 is 0. The van der Waals surface area contributed by atoms with Gasteiger partial charge in [-0.05, 0) is 90.9 Å². The van der Waals surface area contributed by atoms with Crippen LogP contribution in [0.3, 0.4) is 0 Å². The van der Waals surface area contributed by atoms with Crippen molar-refractivity contribution in [2.24, 2.45) is 58.7 Å². The van der Waals surface area contributed by atoms with Gasteiger partial charge in [0.25, 0.3) is 0 Å². The van der Waals surface area contributed by atoms with Crippen molar-refractivity contribution in [2.45, 2.75) is 204 Å². The molecule has 6 rings (SSSR count). The largest absolute Gasteiger partial charge is 0.311 e. The highest BCUT2D eigenvalue weighted by Crippen LogP contribution is 2.46. The molecule has 1 nitrogen and oxygen atoms in total. The lowest BCUT2D eigenvalue weighted by molar-refractivity contribution is 0.184. The van der Waals surface area contributed by atoms with E-state index in [-0.39, 0.29) is 0 Å². The van der Waals surface area contributed by atoms with Crippen LogP contribution >= 0.6 is 0 Å². The van der Waals surface area contributed by atoms with Gasteiger partial charge < -0.3 is 5.32 Å². The molecule has 1 spiro atoms. The molecule has 0 amide bonds. The minimum Gasteiger partial charge on any atom is -0.311 e. The van der Waals surface area contributed by atoms with E-state index in [1.165, 1.54) is 129 Å². The fourth-order valence-corrected chi connectivity index (χ4v) is 8.19. The lowest BCUT2D eigenvalue weighted by Crippen LogP contribution is -2.45. The zero-order valence-corrected chi connectivity index (χ0v) is 31.8. The minimum absolute atomic E-state index is 0.506. The third-order valence-corrected chi connectivity index (χ3v) is 13.0. The Hall–Kier alpha value is -0.0400. The van der Waals surface area contributed by atoms with Crippen LogP contribution in [0.25, 0.3) is 0 Å². The number of rotatable bonds is 4. The minimum atomic E-state index is 0.506. The van der Waals surface area contributed by atoms with Gasteiger partial charge in [-0.2, -0.15) is 0 Å². The average Bonchev–Trinajstić information content (AvgIpc) is 3.54. The molecular formula is C42H83N. The van der Waals surface area contributed by atoms with Gasteiger partial charge in [-0.15, -0.1) is 0 Å². The summed E-state index contributed by atoms with van der Waals surface area (Å²) in [5, 5.41) is 3.73. The molecule has 1 aliphatic heterocycles. The standard InChI is InChI=1S/C11H21N.C9H18.C8H16.2C7H14/c1-10(2,3)9-7-11(12-8-9)5-4-6-11;1-8(2)9-6-4-3-5-7-9;1-7(2)8-5-3-4-6-8;2*1-6(2)7-4-3-5-7/h9,12H,4-8H2,1-3H3;8-9H,3-7H2,1-2H3;7-8H,3-6H2,1-2H3;2*6-7H,3-5H2,1-2H3. The van der Waals surface area contributed by atoms with Crippen molar-refractivity contribution >= 4 is 0 Å². The summed E-state index contributed by atoms with van der Waals surface area (Å²) < 4.78 is 0. The van der Waals surface area contributed by atoms with Crippen LogP contribution in [0.1, 0.15) is 198 Å². The van der Waals surface area contributed by atoms with Gasteiger partial charge in [-0.25, -0.2) is 0 Å². The van der Waals surface area contributed by atoms with Gasteiger partial charge in [0.05, 0.1) is 0 Å². The van der Waals surface area contributed by atoms with Crippen molar-refractivity contribution < 1.29 is 0 Å². The molecule has 0 aromatic carbocycles. The van der Waals surface area contributed by atoms with Crippen LogP contribution in [-0.2, 0) is 0 Å². The highest BCUT2D eigenvalue weighted by Gasteiger charge is 2.46. The number of hydrogen-bond acceptors (Lipinski definition) is 1. The van der Waals surface area contributed by atoms with Crippen LogP contribution < -0.4 is 5.32 Å². The van der Waals surface area contributed by atoms with Crippen molar-refractivity contribution in [1.29, 1.82) is 0 Å². The van der Waals surface area contributed by atoms with Gasteiger partial charge in [-0.3, -0.25) is 0 Å². The second-order valence-corrected chi connectivity index (χ2v) is 18.6. The molecule has 0 aromatic rings. The Morgan fingerprint density at radius 2 is 0.791 bits per heavy atom. The molecule has 1 atom stereocenters. The quantitative estimate of drug-likeness (QED) is 0.338. The van der Waals surface area contributed by atoms with E-state index in [0.29, 0.717) is 11.0 Å². The van der Waals surface area contributed by atoms with Crippen molar-refractivity contribution in [2.75, 3.05) is 6.54 Å². The van der Waals surface area contributed by atoms with Gasteiger partial charge in [-0.1, -0.05) is 172 Å². The molecule has 5 aliphatic carbocycles. The molecule has 5 saturated carbocycles. The summed E-state index contributed by atoms with van der Waals surface area (Å²) in [6.45, 7) is 27.1. The fourth-order valence-electron chi connectivity index (χ4n) is 8.19. The monoisotopic (exact) mass is 602 g/mol. The molecule has 1 N–H and O–H groups in total. The Labute approximate surface area is 273 Å². The van der Waals surface area contributed by atoms with E-state index in [0.717, 1.165) is 53.3 Å². The van der Waals surface area contributed by atoms with Crippen LogP contribution in [0.4, 0.5) is 0 Å². The highest BCUT2D eigenvalue weighted by atomic mass is 15.0. The predicted octanol–water partition coefficient (Wildman–Crippen LogP) is 13.5. The predicted molar refractivity (Wildman–Crippen MR) is 195 cm³/mol. The van der Waals surface area contributed by atoms with Crippen LogP contribution in [0, 0.1) is 58.7 Å². The Bertz CT molecular complexity index is 654. The molecule has 6 aliphatic rings.